The maximum atomic E-state index is 4.43. The first-order valence-electron chi connectivity index (χ1n) is 6.32. The summed E-state index contributed by atoms with van der Waals surface area (Å²) in [6, 6.07) is 1.96. The van der Waals surface area contributed by atoms with Crippen LogP contribution < -0.4 is 4.40 Å². The SMILES string of the molecule is C=CCn1c(CCCCC)c[n+]2cccnc12. The van der Waals surface area contributed by atoms with Gasteiger partial charge in [-0.2, -0.15) is 0 Å². The Balaban J connectivity index is 2.32. The van der Waals surface area contributed by atoms with E-state index in [2.05, 4.69) is 33.7 Å². The lowest BCUT2D eigenvalue weighted by molar-refractivity contribution is -0.513. The third-order valence-electron chi connectivity index (χ3n) is 2.98. The summed E-state index contributed by atoms with van der Waals surface area (Å²) in [5, 5.41) is 0. The van der Waals surface area contributed by atoms with Crippen LogP contribution in [0.1, 0.15) is 31.9 Å². The average molecular weight is 230 g/mol. The van der Waals surface area contributed by atoms with Gasteiger partial charge in [0.1, 0.15) is 18.1 Å². The highest BCUT2D eigenvalue weighted by Crippen LogP contribution is 2.09. The van der Waals surface area contributed by atoms with Crippen molar-refractivity contribution in [2.24, 2.45) is 0 Å². The number of allylic oxidation sites excluding steroid dienone is 1. The van der Waals surface area contributed by atoms with Crippen LogP contribution in [-0.4, -0.2) is 9.55 Å². The molecule has 17 heavy (non-hydrogen) atoms. The van der Waals surface area contributed by atoms with Crippen molar-refractivity contribution < 1.29 is 4.40 Å². The third-order valence-corrected chi connectivity index (χ3v) is 2.98. The Morgan fingerprint density at radius 2 is 2.35 bits per heavy atom. The van der Waals surface area contributed by atoms with Crippen LogP contribution in [-0.2, 0) is 13.0 Å². The predicted octanol–water partition coefficient (Wildman–Crippen LogP) is 2.54. The van der Waals surface area contributed by atoms with Crippen LogP contribution in [0.15, 0.2) is 37.3 Å². The fraction of sp³-hybridized carbons (Fsp3) is 0.429. The number of unbranched alkanes of at least 4 members (excludes halogenated alkanes) is 2. The lowest BCUT2D eigenvalue weighted by Crippen LogP contribution is -2.19. The zero-order chi connectivity index (χ0) is 12.1. The summed E-state index contributed by atoms with van der Waals surface area (Å²) in [4.78, 5) is 4.43. The van der Waals surface area contributed by atoms with Crippen molar-refractivity contribution in [1.29, 1.82) is 0 Å². The highest BCUT2D eigenvalue weighted by Gasteiger charge is 2.15. The molecule has 3 nitrogen and oxygen atoms in total. The molecule has 0 amide bonds. The van der Waals surface area contributed by atoms with Crippen molar-refractivity contribution in [1.82, 2.24) is 9.55 Å². The van der Waals surface area contributed by atoms with E-state index in [1.807, 2.05) is 24.5 Å². The van der Waals surface area contributed by atoms with Crippen molar-refractivity contribution in [3.8, 4) is 0 Å². The fourth-order valence-electron chi connectivity index (χ4n) is 2.13. The van der Waals surface area contributed by atoms with Gasteiger partial charge in [-0.25, -0.2) is 8.97 Å². The van der Waals surface area contributed by atoms with Crippen LogP contribution in [0.5, 0.6) is 0 Å². The lowest BCUT2D eigenvalue weighted by atomic mass is 10.2. The summed E-state index contributed by atoms with van der Waals surface area (Å²) in [7, 11) is 0. The first-order chi connectivity index (χ1) is 8.36. The van der Waals surface area contributed by atoms with Crippen LogP contribution >= 0.6 is 0 Å². The van der Waals surface area contributed by atoms with Crippen molar-refractivity contribution in [2.45, 2.75) is 39.2 Å². The Hall–Kier alpha value is -1.64. The minimum atomic E-state index is 0.828. The Labute approximate surface area is 102 Å². The number of rotatable bonds is 6. The van der Waals surface area contributed by atoms with E-state index in [0.29, 0.717) is 0 Å². The molecule has 0 radical (unpaired) electrons. The Morgan fingerprint density at radius 3 is 3.12 bits per heavy atom. The Kier molecular flexibility index (Phi) is 3.91. The van der Waals surface area contributed by atoms with Gasteiger partial charge in [0.25, 0.3) is 0 Å². The molecule has 0 aliphatic rings. The summed E-state index contributed by atoms with van der Waals surface area (Å²) in [5.41, 5.74) is 1.34. The quantitative estimate of drug-likeness (QED) is 0.424. The number of nitrogens with zero attached hydrogens (tertiary/aromatic N) is 3. The average Bonchev–Trinajstić information content (AvgIpc) is 2.69. The Bertz CT molecular complexity index is 499. The molecule has 0 unspecified atom stereocenters. The molecule has 0 atom stereocenters. The molecule has 0 aliphatic heterocycles. The van der Waals surface area contributed by atoms with Gasteiger partial charge in [-0.1, -0.05) is 37.4 Å². The molecule has 2 aromatic rings. The summed E-state index contributed by atoms with van der Waals surface area (Å²) < 4.78 is 4.33. The van der Waals surface area contributed by atoms with Crippen LogP contribution in [0.25, 0.3) is 5.78 Å². The van der Waals surface area contributed by atoms with Gasteiger partial charge in [0, 0.05) is 12.5 Å². The molecule has 0 N–H and O–H groups in total. The van der Waals surface area contributed by atoms with Crippen LogP contribution in [0.4, 0.5) is 0 Å². The molecule has 2 rings (SSSR count). The van der Waals surface area contributed by atoms with Gasteiger partial charge < -0.3 is 0 Å². The molecule has 2 heterocycles. The highest BCUT2D eigenvalue weighted by atomic mass is 15.2. The van der Waals surface area contributed by atoms with E-state index in [1.165, 1.54) is 25.0 Å². The van der Waals surface area contributed by atoms with Crippen molar-refractivity contribution >= 4 is 5.78 Å². The van der Waals surface area contributed by atoms with E-state index in [0.717, 1.165) is 18.7 Å². The molecule has 0 saturated carbocycles. The fourth-order valence-corrected chi connectivity index (χ4v) is 2.13. The molecule has 0 saturated heterocycles. The summed E-state index contributed by atoms with van der Waals surface area (Å²) in [5.74, 6) is 0.999. The van der Waals surface area contributed by atoms with E-state index in [4.69, 9.17) is 0 Å². The van der Waals surface area contributed by atoms with E-state index in [1.54, 1.807) is 0 Å². The Morgan fingerprint density at radius 1 is 1.47 bits per heavy atom. The number of imidazole rings is 1. The van der Waals surface area contributed by atoms with Gasteiger partial charge in [0.15, 0.2) is 0 Å². The second kappa shape index (κ2) is 5.62. The van der Waals surface area contributed by atoms with E-state index < -0.39 is 0 Å². The van der Waals surface area contributed by atoms with Gasteiger partial charge in [-0.05, 0) is 6.42 Å². The summed E-state index contributed by atoms with van der Waals surface area (Å²) >= 11 is 0. The zero-order valence-corrected chi connectivity index (χ0v) is 10.5. The number of hydrogen-bond donors (Lipinski definition) is 0. The first-order valence-corrected chi connectivity index (χ1v) is 6.32. The van der Waals surface area contributed by atoms with E-state index >= 15 is 0 Å². The van der Waals surface area contributed by atoms with Gasteiger partial charge in [-0.3, -0.25) is 0 Å². The third kappa shape index (κ3) is 2.54. The zero-order valence-electron chi connectivity index (χ0n) is 10.5. The maximum absolute atomic E-state index is 4.43. The summed E-state index contributed by atoms with van der Waals surface area (Å²) in [6.45, 7) is 6.88. The first kappa shape index (κ1) is 11.8. The normalized spacial score (nSPS) is 10.9. The molecule has 0 spiro atoms. The molecule has 3 heteroatoms. The van der Waals surface area contributed by atoms with Gasteiger partial charge in [0.05, 0.1) is 12.7 Å². The number of aromatic nitrogens is 3. The van der Waals surface area contributed by atoms with Gasteiger partial charge >= 0.3 is 5.78 Å². The van der Waals surface area contributed by atoms with E-state index in [-0.39, 0.29) is 0 Å². The lowest BCUT2D eigenvalue weighted by Gasteiger charge is -1.99. The molecular weight excluding hydrogens is 210 g/mol. The smallest absolute Gasteiger partial charge is 0.226 e. The number of aryl methyl sites for hydroxylation is 1. The standard InChI is InChI=1S/C14H20N3/c1-3-5-6-8-13-12-16-11-7-9-15-14(16)17(13)10-4-2/h4,7,9,11-12H,2-3,5-6,8,10H2,1H3/q+1. The molecular formula is C14H20N3+. The van der Waals surface area contributed by atoms with Gasteiger partial charge in [0.2, 0.25) is 0 Å². The van der Waals surface area contributed by atoms with Crippen LogP contribution in [0.2, 0.25) is 0 Å². The predicted molar refractivity (Wildman–Crippen MR) is 68.8 cm³/mol. The molecule has 0 aliphatic carbocycles. The van der Waals surface area contributed by atoms with Crippen molar-refractivity contribution in [3.63, 3.8) is 0 Å². The number of hydrogen-bond acceptors (Lipinski definition) is 1. The van der Waals surface area contributed by atoms with E-state index in [9.17, 15) is 0 Å². The number of fused-ring (bicyclic) bond motifs is 1. The van der Waals surface area contributed by atoms with Crippen molar-refractivity contribution in [2.75, 3.05) is 0 Å². The minimum absolute atomic E-state index is 0.828. The van der Waals surface area contributed by atoms with Crippen LogP contribution in [0.3, 0.4) is 0 Å². The topological polar surface area (TPSA) is 21.9 Å². The van der Waals surface area contributed by atoms with Crippen LogP contribution in [0, 0.1) is 0 Å². The highest BCUT2D eigenvalue weighted by molar-refractivity contribution is 5.22. The molecule has 0 aromatic carbocycles. The molecule has 90 valence electrons. The molecule has 2 aromatic heterocycles. The second-order valence-corrected chi connectivity index (χ2v) is 4.30. The van der Waals surface area contributed by atoms with Crippen molar-refractivity contribution in [3.05, 3.63) is 43.0 Å². The summed E-state index contributed by atoms with van der Waals surface area (Å²) in [6.07, 6.45) is 12.9. The monoisotopic (exact) mass is 230 g/mol. The maximum Gasteiger partial charge on any atom is 0.403 e. The molecule has 0 bridgehead atoms. The minimum Gasteiger partial charge on any atom is -0.226 e. The largest absolute Gasteiger partial charge is 0.403 e. The second-order valence-electron chi connectivity index (χ2n) is 4.30. The van der Waals surface area contributed by atoms with Gasteiger partial charge in [-0.15, -0.1) is 0 Å². The molecule has 0 fully saturated rings.